The lowest BCUT2D eigenvalue weighted by Gasteiger charge is -2.09. The number of amides is 1. The van der Waals surface area contributed by atoms with Gasteiger partial charge in [-0.05, 0) is 61.0 Å². The first-order valence-electron chi connectivity index (χ1n) is 9.55. The van der Waals surface area contributed by atoms with Gasteiger partial charge in [-0.15, -0.1) is 0 Å². The predicted molar refractivity (Wildman–Crippen MR) is 121 cm³/mol. The summed E-state index contributed by atoms with van der Waals surface area (Å²) in [7, 11) is 0. The lowest BCUT2D eigenvalue weighted by Crippen LogP contribution is -2.17. The van der Waals surface area contributed by atoms with Crippen LogP contribution in [0.2, 0.25) is 0 Å². The van der Waals surface area contributed by atoms with E-state index in [4.69, 9.17) is 9.47 Å². The quantitative estimate of drug-likeness (QED) is 0.219. The van der Waals surface area contributed by atoms with Crippen molar-refractivity contribution in [1.29, 1.82) is 0 Å². The second-order valence-corrected chi connectivity index (χ2v) is 7.30. The summed E-state index contributed by atoms with van der Waals surface area (Å²) < 4.78 is 11.8. The van der Waals surface area contributed by atoms with Crippen LogP contribution in [0.1, 0.15) is 39.6 Å². The number of hydrazone groups is 1. The average Bonchev–Trinajstić information content (AvgIpc) is 2.80. The van der Waals surface area contributed by atoms with E-state index in [1.54, 1.807) is 54.6 Å². The molecule has 8 heteroatoms. The number of nitrogens with one attached hydrogen (secondary N) is 1. The molecular formula is C23H20BrN3O4. The number of aromatic nitrogens is 1. The molecule has 0 aliphatic carbocycles. The molecule has 2 aromatic carbocycles. The molecule has 1 amide bonds. The molecule has 0 fully saturated rings. The van der Waals surface area contributed by atoms with Crippen LogP contribution in [0.4, 0.5) is 0 Å². The Morgan fingerprint density at radius 3 is 2.52 bits per heavy atom. The van der Waals surface area contributed by atoms with Gasteiger partial charge in [0.25, 0.3) is 5.91 Å². The van der Waals surface area contributed by atoms with E-state index in [0.29, 0.717) is 34.8 Å². The van der Waals surface area contributed by atoms with Gasteiger partial charge in [-0.1, -0.05) is 22.9 Å². The Bertz CT molecular complexity index is 1070. The molecular weight excluding hydrogens is 462 g/mol. The van der Waals surface area contributed by atoms with Crippen molar-refractivity contribution >= 4 is 34.0 Å². The summed E-state index contributed by atoms with van der Waals surface area (Å²) in [5.41, 5.74) is 3.77. The van der Waals surface area contributed by atoms with Gasteiger partial charge in [0.1, 0.15) is 11.5 Å². The van der Waals surface area contributed by atoms with Crippen LogP contribution in [-0.2, 0) is 0 Å². The fourth-order valence-corrected chi connectivity index (χ4v) is 2.89. The van der Waals surface area contributed by atoms with Gasteiger partial charge in [0, 0.05) is 28.0 Å². The van der Waals surface area contributed by atoms with Crippen LogP contribution in [-0.4, -0.2) is 29.7 Å². The number of rotatable bonds is 8. The molecule has 0 bridgehead atoms. The molecule has 1 aromatic heterocycles. The molecule has 0 saturated heterocycles. The van der Waals surface area contributed by atoms with Crippen LogP contribution in [0.15, 0.2) is 76.6 Å². The SMILES string of the molecule is CCCOc1ccc(C(=O)Oc2ccc(Br)cc2/C=N\NC(=O)c2ccncc2)cc1. The molecule has 0 atom stereocenters. The number of hydrogen-bond donors (Lipinski definition) is 1. The van der Waals surface area contributed by atoms with E-state index in [0.717, 1.165) is 10.9 Å². The Kier molecular flexibility index (Phi) is 7.89. The molecule has 1 N–H and O–H groups in total. The number of carbonyl (C=O) groups is 2. The van der Waals surface area contributed by atoms with Crippen molar-refractivity contribution in [3.05, 3.63) is 88.2 Å². The van der Waals surface area contributed by atoms with Gasteiger partial charge in [-0.2, -0.15) is 5.10 Å². The minimum absolute atomic E-state index is 0.307. The van der Waals surface area contributed by atoms with Crippen molar-refractivity contribution in [2.45, 2.75) is 13.3 Å². The normalized spacial score (nSPS) is 10.6. The number of halogens is 1. The highest BCUT2D eigenvalue weighted by Crippen LogP contribution is 2.23. The predicted octanol–water partition coefficient (Wildman–Crippen LogP) is 4.62. The zero-order valence-corrected chi connectivity index (χ0v) is 18.3. The Morgan fingerprint density at radius 1 is 1.06 bits per heavy atom. The molecule has 0 saturated carbocycles. The van der Waals surface area contributed by atoms with E-state index in [-0.39, 0.29) is 5.91 Å². The molecule has 3 aromatic rings. The van der Waals surface area contributed by atoms with Crippen molar-refractivity contribution in [2.75, 3.05) is 6.61 Å². The van der Waals surface area contributed by atoms with E-state index >= 15 is 0 Å². The summed E-state index contributed by atoms with van der Waals surface area (Å²) in [6.07, 6.45) is 5.36. The molecule has 0 spiro atoms. The third-order valence-corrected chi connectivity index (χ3v) is 4.54. The lowest BCUT2D eigenvalue weighted by atomic mass is 10.2. The Balaban J connectivity index is 1.69. The Morgan fingerprint density at radius 2 is 1.81 bits per heavy atom. The number of pyridine rings is 1. The van der Waals surface area contributed by atoms with E-state index in [1.807, 2.05) is 6.92 Å². The van der Waals surface area contributed by atoms with Crippen molar-refractivity contribution in [1.82, 2.24) is 10.4 Å². The summed E-state index contributed by atoms with van der Waals surface area (Å²) >= 11 is 3.38. The number of benzene rings is 2. The molecule has 31 heavy (non-hydrogen) atoms. The molecule has 0 aliphatic heterocycles. The summed E-state index contributed by atoms with van der Waals surface area (Å²) in [5.74, 6) is 0.110. The highest BCUT2D eigenvalue weighted by Gasteiger charge is 2.12. The largest absolute Gasteiger partial charge is 0.494 e. The van der Waals surface area contributed by atoms with E-state index in [2.05, 4.69) is 31.4 Å². The summed E-state index contributed by atoms with van der Waals surface area (Å²) in [6.45, 7) is 2.64. The first-order valence-corrected chi connectivity index (χ1v) is 10.3. The lowest BCUT2D eigenvalue weighted by molar-refractivity contribution is 0.0734. The van der Waals surface area contributed by atoms with Crippen molar-refractivity contribution in [2.24, 2.45) is 5.10 Å². The number of esters is 1. The molecule has 3 rings (SSSR count). The average molecular weight is 482 g/mol. The van der Waals surface area contributed by atoms with Crippen LogP contribution in [0.3, 0.4) is 0 Å². The maximum Gasteiger partial charge on any atom is 0.343 e. The van der Waals surface area contributed by atoms with Gasteiger partial charge < -0.3 is 9.47 Å². The minimum Gasteiger partial charge on any atom is -0.494 e. The first-order chi connectivity index (χ1) is 15.1. The third kappa shape index (κ3) is 6.48. The zero-order chi connectivity index (χ0) is 22.1. The van der Waals surface area contributed by atoms with Crippen molar-refractivity contribution in [3.8, 4) is 11.5 Å². The number of ether oxygens (including phenoxy) is 2. The molecule has 0 aliphatic rings. The molecule has 7 nitrogen and oxygen atoms in total. The second-order valence-electron chi connectivity index (χ2n) is 6.38. The second kappa shape index (κ2) is 11.0. The van der Waals surface area contributed by atoms with Gasteiger partial charge in [0.2, 0.25) is 0 Å². The topological polar surface area (TPSA) is 89.9 Å². The molecule has 158 valence electrons. The van der Waals surface area contributed by atoms with E-state index < -0.39 is 5.97 Å². The fourth-order valence-electron chi connectivity index (χ4n) is 2.51. The standard InChI is InChI=1S/C23H20BrN3O4/c1-2-13-30-20-6-3-17(4-7-20)23(29)31-21-8-5-19(24)14-18(21)15-26-27-22(28)16-9-11-25-12-10-16/h3-12,14-15H,2,13H2,1H3,(H,27,28)/b26-15-. The third-order valence-electron chi connectivity index (χ3n) is 4.05. The smallest absolute Gasteiger partial charge is 0.343 e. The number of nitrogens with zero attached hydrogens (tertiary/aromatic N) is 2. The van der Waals surface area contributed by atoms with Crippen LogP contribution >= 0.6 is 15.9 Å². The van der Waals surface area contributed by atoms with Gasteiger partial charge >= 0.3 is 5.97 Å². The maximum absolute atomic E-state index is 12.5. The maximum atomic E-state index is 12.5. The van der Waals surface area contributed by atoms with E-state index in [9.17, 15) is 9.59 Å². The highest BCUT2D eigenvalue weighted by molar-refractivity contribution is 9.10. The first kappa shape index (κ1) is 22.2. The number of carbonyl (C=O) groups excluding carboxylic acids is 2. The summed E-state index contributed by atoms with van der Waals surface area (Å²) in [5, 5.41) is 3.97. The van der Waals surface area contributed by atoms with Crippen LogP contribution < -0.4 is 14.9 Å². The molecule has 0 unspecified atom stereocenters. The minimum atomic E-state index is -0.514. The van der Waals surface area contributed by atoms with Gasteiger partial charge in [0.15, 0.2) is 0 Å². The van der Waals surface area contributed by atoms with E-state index in [1.165, 1.54) is 18.6 Å². The van der Waals surface area contributed by atoms with Crippen LogP contribution in [0.25, 0.3) is 0 Å². The Hall–Kier alpha value is -3.52. The van der Waals surface area contributed by atoms with Gasteiger partial charge in [-0.25, -0.2) is 10.2 Å². The fraction of sp³-hybridized carbons (Fsp3) is 0.130. The monoisotopic (exact) mass is 481 g/mol. The molecule has 0 radical (unpaired) electrons. The van der Waals surface area contributed by atoms with Gasteiger partial charge in [0.05, 0.1) is 18.4 Å². The zero-order valence-electron chi connectivity index (χ0n) is 16.7. The molecule has 1 heterocycles. The number of hydrogen-bond acceptors (Lipinski definition) is 6. The van der Waals surface area contributed by atoms with Crippen molar-refractivity contribution < 1.29 is 19.1 Å². The highest BCUT2D eigenvalue weighted by atomic mass is 79.9. The van der Waals surface area contributed by atoms with Crippen LogP contribution in [0.5, 0.6) is 11.5 Å². The van der Waals surface area contributed by atoms with Gasteiger partial charge in [-0.3, -0.25) is 9.78 Å². The Labute approximate surface area is 188 Å². The summed E-state index contributed by atoms with van der Waals surface area (Å²) in [4.78, 5) is 28.5. The summed E-state index contributed by atoms with van der Waals surface area (Å²) in [6, 6.07) is 15.0. The van der Waals surface area contributed by atoms with Crippen molar-refractivity contribution in [3.63, 3.8) is 0 Å². The van der Waals surface area contributed by atoms with Crippen LogP contribution in [0, 0.1) is 0 Å².